The van der Waals surface area contributed by atoms with Gasteiger partial charge < -0.3 is 9.73 Å². The van der Waals surface area contributed by atoms with Gasteiger partial charge in [0, 0.05) is 17.3 Å². The Morgan fingerprint density at radius 3 is 2.69 bits per heavy atom. The molecule has 0 unspecified atom stereocenters. The highest BCUT2D eigenvalue weighted by Gasteiger charge is 2.20. The Hall–Kier alpha value is -3.76. The molecule has 11 nitrogen and oxygen atoms in total. The maximum Gasteiger partial charge on any atom is 0.433 e. The van der Waals surface area contributed by atoms with Crippen molar-refractivity contribution in [1.29, 1.82) is 0 Å². The van der Waals surface area contributed by atoms with E-state index in [1.165, 1.54) is 10.7 Å². The smallest absolute Gasteiger partial charge is 0.395 e. The minimum atomic E-state index is -0.741. The maximum atomic E-state index is 12.3. The molecule has 3 aromatic rings. The summed E-state index contributed by atoms with van der Waals surface area (Å²) in [4.78, 5) is 41.0. The number of H-pyrrole nitrogens is 1. The van der Waals surface area contributed by atoms with Crippen LogP contribution >= 0.6 is 0 Å². The van der Waals surface area contributed by atoms with Crippen molar-refractivity contribution in [2.45, 2.75) is 20.8 Å². The number of amides is 1. The summed E-state index contributed by atoms with van der Waals surface area (Å²) in [5.74, 6) is -1.13. The number of hydrogen-bond acceptors (Lipinski definition) is 7. The third-order valence-electron chi connectivity index (χ3n) is 3.65. The van der Waals surface area contributed by atoms with E-state index in [9.17, 15) is 19.7 Å². The van der Waals surface area contributed by atoms with E-state index in [1.54, 1.807) is 26.8 Å². The van der Waals surface area contributed by atoms with Gasteiger partial charge in [-0.1, -0.05) is 0 Å². The predicted molar refractivity (Wildman–Crippen MR) is 89.5 cm³/mol. The number of anilines is 1. The van der Waals surface area contributed by atoms with Gasteiger partial charge in [0.1, 0.15) is 10.7 Å². The van der Waals surface area contributed by atoms with Crippen molar-refractivity contribution in [3.63, 3.8) is 0 Å². The van der Waals surface area contributed by atoms with E-state index >= 15 is 0 Å². The van der Waals surface area contributed by atoms with E-state index in [1.807, 2.05) is 0 Å². The van der Waals surface area contributed by atoms with Gasteiger partial charge in [-0.25, -0.2) is 4.98 Å². The van der Waals surface area contributed by atoms with Gasteiger partial charge in [0.2, 0.25) is 5.95 Å². The summed E-state index contributed by atoms with van der Waals surface area (Å²) in [7, 11) is 0. The molecule has 0 saturated carbocycles. The number of nitrogens with zero attached hydrogens (tertiary/aromatic N) is 4. The molecule has 1 amide bonds. The molecular weight excluding hydrogens is 344 g/mol. The van der Waals surface area contributed by atoms with Crippen LogP contribution in [0.15, 0.2) is 27.4 Å². The molecule has 0 spiro atoms. The number of aromatic amines is 1. The van der Waals surface area contributed by atoms with Crippen LogP contribution in [0.2, 0.25) is 0 Å². The number of nitrogens with one attached hydrogen (secondary N) is 2. The molecule has 0 aromatic carbocycles. The Morgan fingerprint density at radius 2 is 2.08 bits per heavy atom. The molecule has 0 aliphatic rings. The molecule has 3 rings (SSSR count). The first kappa shape index (κ1) is 17.1. The van der Waals surface area contributed by atoms with Gasteiger partial charge in [-0.2, -0.15) is 9.78 Å². The standard InChI is InChI=1S/C15H14N6O5/c1-7-6-11(17-14(23)10-4-5-12(26-10)21(24)25)20(19-7)15-16-9(3)8(2)13(22)18-15/h4-6H,1-3H3,(H,17,23)(H,16,18,22). The van der Waals surface area contributed by atoms with Crippen molar-refractivity contribution in [2.75, 3.05) is 5.32 Å². The molecule has 134 valence electrons. The zero-order valence-electron chi connectivity index (χ0n) is 14.1. The van der Waals surface area contributed by atoms with Crippen LogP contribution in [0.3, 0.4) is 0 Å². The lowest BCUT2D eigenvalue weighted by Crippen LogP contribution is -2.20. The highest BCUT2D eigenvalue weighted by atomic mass is 16.6. The zero-order valence-corrected chi connectivity index (χ0v) is 14.1. The van der Waals surface area contributed by atoms with Crippen molar-refractivity contribution >= 4 is 17.6 Å². The summed E-state index contributed by atoms with van der Waals surface area (Å²) >= 11 is 0. The third kappa shape index (κ3) is 3.09. The minimum Gasteiger partial charge on any atom is -0.395 e. The fourth-order valence-electron chi connectivity index (χ4n) is 2.21. The third-order valence-corrected chi connectivity index (χ3v) is 3.65. The lowest BCUT2D eigenvalue weighted by molar-refractivity contribution is -0.402. The molecular formula is C15H14N6O5. The fraction of sp³-hybridized carbons (Fsp3) is 0.200. The van der Waals surface area contributed by atoms with Crippen molar-refractivity contribution in [1.82, 2.24) is 19.7 Å². The summed E-state index contributed by atoms with van der Waals surface area (Å²) in [5.41, 5.74) is 1.24. The van der Waals surface area contributed by atoms with Gasteiger partial charge in [-0.05, 0) is 26.8 Å². The molecule has 0 aliphatic carbocycles. The second-order valence-corrected chi connectivity index (χ2v) is 5.53. The number of aromatic nitrogens is 4. The van der Waals surface area contributed by atoms with Gasteiger partial charge in [0.15, 0.2) is 5.76 Å². The first-order valence-corrected chi connectivity index (χ1v) is 7.46. The van der Waals surface area contributed by atoms with Crippen molar-refractivity contribution in [3.8, 4) is 5.95 Å². The lowest BCUT2D eigenvalue weighted by Gasteiger charge is -2.08. The maximum absolute atomic E-state index is 12.3. The molecule has 0 fully saturated rings. The first-order chi connectivity index (χ1) is 12.3. The number of carbonyl (C=O) groups excluding carboxylic acids is 1. The van der Waals surface area contributed by atoms with Crippen LogP contribution in [-0.2, 0) is 0 Å². The van der Waals surface area contributed by atoms with Gasteiger partial charge in [0.05, 0.1) is 11.8 Å². The van der Waals surface area contributed by atoms with Gasteiger partial charge >= 0.3 is 5.88 Å². The summed E-state index contributed by atoms with van der Waals surface area (Å²) in [6, 6.07) is 3.83. The highest BCUT2D eigenvalue weighted by molar-refractivity contribution is 6.02. The summed E-state index contributed by atoms with van der Waals surface area (Å²) < 4.78 is 6.13. The van der Waals surface area contributed by atoms with Crippen LogP contribution in [0.4, 0.5) is 11.7 Å². The van der Waals surface area contributed by atoms with Crippen LogP contribution in [0.25, 0.3) is 5.95 Å². The molecule has 0 aliphatic heterocycles. The van der Waals surface area contributed by atoms with Crippen LogP contribution in [-0.4, -0.2) is 30.6 Å². The van der Waals surface area contributed by atoms with Crippen LogP contribution in [0.1, 0.15) is 27.5 Å². The molecule has 11 heteroatoms. The number of aryl methyl sites for hydroxylation is 2. The predicted octanol–water partition coefficient (Wildman–Crippen LogP) is 1.63. The minimum absolute atomic E-state index is 0.131. The Labute approximate surface area is 145 Å². The zero-order chi connectivity index (χ0) is 19.0. The topological polar surface area (TPSA) is 149 Å². The lowest BCUT2D eigenvalue weighted by atomic mass is 10.3. The van der Waals surface area contributed by atoms with E-state index in [0.717, 1.165) is 6.07 Å². The Kier molecular flexibility index (Phi) is 4.12. The summed E-state index contributed by atoms with van der Waals surface area (Å²) in [5, 5.41) is 17.4. The molecule has 0 atom stereocenters. The quantitative estimate of drug-likeness (QED) is 0.531. The number of rotatable bonds is 4. The molecule has 3 heterocycles. The van der Waals surface area contributed by atoms with E-state index in [-0.39, 0.29) is 23.1 Å². The van der Waals surface area contributed by atoms with Crippen LogP contribution in [0.5, 0.6) is 0 Å². The summed E-state index contributed by atoms with van der Waals surface area (Å²) in [6.45, 7) is 5.03. The average Bonchev–Trinajstić information content (AvgIpc) is 3.19. The fourth-order valence-corrected chi connectivity index (χ4v) is 2.21. The second kappa shape index (κ2) is 6.27. The van der Waals surface area contributed by atoms with Crippen LogP contribution in [0, 0.1) is 30.9 Å². The van der Waals surface area contributed by atoms with Gasteiger partial charge in [0.25, 0.3) is 11.5 Å². The van der Waals surface area contributed by atoms with Gasteiger partial charge in [-0.3, -0.25) is 24.7 Å². The van der Waals surface area contributed by atoms with E-state index in [0.29, 0.717) is 17.0 Å². The Balaban J connectivity index is 1.96. The van der Waals surface area contributed by atoms with Crippen molar-refractivity contribution in [3.05, 3.63) is 61.4 Å². The second-order valence-electron chi connectivity index (χ2n) is 5.53. The molecule has 0 radical (unpaired) electrons. The largest absolute Gasteiger partial charge is 0.433 e. The Bertz CT molecular complexity index is 1080. The monoisotopic (exact) mass is 358 g/mol. The molecule has 26 heavy (non-hydrogen) atoms. The van der Waals surface area contributed by atoms with Crippen molar-refractivity contribution < 1.29 is 14.1 Å². The normalized spacial score (nSPS) is 10.7. The molecule has 2 N–H and O–H groups in total. The molecule has 0 saturated heterocycles. The average molecular weight is 358 g/mol. The number of hydrogen-bond donors (Lipinski definition) is 2. The van der Waals surface area contributed by atoms with Gasteiger partial charge in [-0.15, -0.1) is 0 Å². The van der Waals surface area contributed by atoms with Crippen LogP contribution < -0.4 is 10.9 Å². The molecule has 3 aromatic heterocycles. The first-order valence-electron chi connectivity index (χ1n) is 7.46. The summed E-state index contributed by atoms with van der Waals surface area (Å²) in [6.07, 6.45) is 0. The SMILES string of the molecule is Cc1cc(NC(=O)c2ccc([N+](=O)[O-])o2)n(-c2nc(C)c(C)c(=O)[nH]2)n1. The highest BCUT2D eigenvalue weighted by Crippen LogP contribution is 2.19. The number of nitro groups is 1. The van der Waals surface area contributed by atoms with E-state index in [4.69, 9.17) is 4.42 Å². The number of carbonyl (C=O) groups is 1. The molecule has 0 bridgehead atoms. The van der Waals surface area contributed by atoms with Crippen molar-refractivity contribution in [2.24, 2.45) is 0 Å². The Morgan fingerprint density at radius 1 is 1.35 bits per heavy atom. The van der Waals surface area contributed by atoms with E-state index in [2.05, 4.69) is 20.4 Å². The van der Waals surface area contributed by atoms with E-state index < -0.39 is 16.7 Å². The number of furan rings is 1.